The predicted molar refractivity (Wildman–Crippen MR) is 88.7 cm³/mol. The van der Waals surface area contributed by atoms with Crippen molar-refractivity contribution in [1.29, 1.82) is 0 Å². The van der Waals surface area contributed by atoms with Crippen molar-refractivity contribution < 1.29 is 23.1 Å². The van der Waals surface area contributed by atoms with Gasteiger partial charge in [0, 0.05) is 10.5 Å². The lowest BCUT2D eigenvalue weighted by molar-refractivity contribution is -0.123. The second kappa shape index (κ2) is 7.53. The minimum atomic E-state index is -1.14. The summed E-state index contributed by atoms with van der Waals surface area (Å²) in [6.07, 6.45) is -1.14. The van der Waals surface area contributed by atoms with Crippen molar-refractivity contribution in [1.82, 2.24) is 0 Å². The molecule has 1 amide bonds. The van der Waals surface area contributed by atoms with Crippen LogP contribution in [0.4, 0.5) is 14.5 Å². The molecule has 0 radical (unpaired) electrons. The number of carbonyl (C=O) groups is 2. The molecule has 0 aromatic heterocycles. The Balaban J connectivity index is 2.04. The summed E-state index contributed by atoms with van der Waals surface area (Å²) in [6, 6.07) is 7.66. The summed E-state index contributed by atoms with van der Waals surface area (Å²) in [4.78, 5) is 24.0. The average Bonchev–Trinajstić information content (AvgIpc) is 2.48. The van der Waals surface area contributed by atoms with Gasteiger partial charge in [0.1, 0.15) is 11.6 Å². The van der Waals surface area contributed by atoms with E-state index in [1.807, 2.05) is 19.1 Å². The van der Waals surface area contributed by atoms with Crippen molar-refractivity contribution in [3.63, 3.8) is 0 Å². The third-order valence-electron chi connectivity index (χ3n) is 3.13. The molecule has 1 atom stereocenters. The van der Waals surface area contributed by atoms with Crippen molar-refractivity contribution in [2.45, 2.75) is 20.0 Å². The minimum Gasteiger partial charge on any atom is -0.449 e. The van der Waals surface area contributed by atoms with E-state index in [2.05, 4.69) is 21.2 Å². The molecule has 4 nitrogen and oxygen atoms in total. The van der Waals surface area contributed by atoms with Gasteiger partial charge in [-0.15, -0.1) is 0 Å². The highest BCUT2D eigenvalue weighted by Gasteiger charge is 2.20. The number of nitrogens with one attached hydrogen (secondary N) is 1. The Morgan fingerprint density at radius 3 is 2.33 bits per heavy atom. The van der Waals surface area contributed by atoms with E-state index in [1.165, 1.54) is 6.92 Å². The molecule has 0 aliphatic carbocycles. The molecular formula is C17H14BrF2NO3. The molecule has 0 unspecified atom stereocenters. The highest BCUT2D eigenvalue weighted by Crippen LogP contribution is 2.23. The minimum absolute atomic E-state index is 0.302. The first kappa shape index (κ1) is 18.1. The molecule has 0 saturated carbocycles. The molecule has 0 aliphatic rings. The number of halogens is 3. The molecular weight excluding hydrogens is 384 g/mol. The van der Waals surface area contributed by atoms with Gasteiger partial charge in [-0.2, -0.15) is 0 Å². The van der Waals surface area contributed by atoms with E-state index in [9.17, 15) is 18.4 Å². The summed E-state index contributed by atoms with van der Waals surface area (Å²) in [7, 11) is 0. The summed E-state index contributed by atoms with van der Waals surface area (Å²) in [5, 5.41) is 2.61. The van der Waals surface area contributed by atoms with E-state index in [-0.39, 0.29) is 5.56 Å². The lowest BCUT2D eigenvalue weighted by Gasteiger charge is -2.14. The number of esters is 1. The molecule has 0 saturated heterocycles. The Labute approximate surface area is 145 Å². The Morgan fingerprint density at radius 2 is 1.75 bits per heavy atom. The molecule has 2 aromatic rings. The van der Waals surface area contributed by atoms with Crippen LogP contribution in [0.5, 0.6) is 0 Å². The molecule has 0 bridgehead atoms. The Kier molecular flexibility index (Phi) is 5.66. The zero-order valence-electron chi connectivity index (χ0n) is 12.9. The van der Waals surface area contributed by atoms with Crippen LogP contribution in [0, 0.1) is 18.6 Å². The normalized spacial score (nSPS) is 11.7. The molecule has 7 heteroatoms. The van der Waals surface area contributed by atoms with E-state index in [0.29, 0.717) is 16.2 Å². The van der Waals surface area contributed by atoms with Gasteiger partial charge in [0.15, 0.2) is 6.10 Å². The van der Waals surface area contributed by atoms with Crippen LogP contribution in [-0.4, -0.2) is 18.0 Å². The number of anilines is 1. The first-order valence-corrected chi connectivity index (χ1v) is 7.79. The average molecular weight is 398 g/mol. The Hall–Kier alpha value is -2.28. The highest BCUT2D eigenvalue weighted by atomic mass is 79.9. The van der Waals surface area contributed by atoms with Crippen LogP contribution >= 0.6 is 15.9 Å². The van der Waals surface area contributed by atoms with Gasteiger partial charge in [0.2, 0.25) is 0 Å². The molecule has 0 aliphatic heterocycles. The largest absolute Gasteiger partial charge is 0.449 e. The van der Waals surface area contributed by atoms with Crippen LogP contribution in [0.2, 0.25) is 0 Å². The van der Waals surface area contributed by atoms with Gasteiger partial charge in [-0.1, -0.05) is 6.07 Å². The zero-order chi connectivity index (χ0) is 17.9. The van der Waals surface area contributed by atoms with E-state index < -0.39 is 29.6 Å². The van der Waals surface area contributed by atoms with Crippen LogP contribution in [-0.2, 0) is 9.53 Å². The van der Waals surface area contributed by atoms with E-state index in [4.69, 9.17) is 4.74 Å². The van der Waals surface area contributed by atoms with Gasteiger partial charge in [-0.25, -0.2) is 13.6 Å². The number of rotatable bonds is 4. The van der Waals surface area contributed by atoms with Crippen LogP contribution in [0.25, 0.3) is 0 Å². The molecule has 0 fully saturated rings. The maximum absolute atomic E-state index is 13.1. The van der Waals surface area contributed by atoms with E-state index in [1.54, 1.807) is 6.07 Å². The molecule has 2 rings (SSSR count). The number of hydrogen-bond acceptors (Lipinski definition) is 3. The maximum atomic E-state index is 13.1. The van der Waals surface area contributed by atoms with Crippen LogP contribution in [0.1, 0.15) is 22.8 Å². The zero-order valence-corrected chi connectivity index (χ0v) is 14.5. The SMILES string of the molecule is Cc1ccc(NC(=O)[C@H](C)OC(=O)c2cc(F)cc(F)c2)c(Br)c1. The highest BCUT2D eigenvalue weighted by molar-refractivity contribution is 9.10. The van der Waals surface area contributed by atoms with Gasteiger partial charge >= 0.3 is 5.97 Å². The number of ether oxygens (including phenoxy) is 1. The summed E-state index contributed by atoms with van der Waals surface area (Å²) in [6.45, 7) is 3.27. The topological polar surface area (TPSA) is 55.4 Å². The summed E-state index contributed by atoms with van der Waals surface area (Å²) in [5.41, 5.74) is 1.22. The molecule has 24 heavy (non-hydrogen) atoms. The van der Waals surface area contributed by atoms with E-state index in [0.717, 1.165) is 17.7 Å². The van der Waals surface area contributed by atoms with Gasteiger partial charge in [-0.3, -0.25) is 4.79 Å². The number of carbonyl (C=O) groups excluding carboxylic acids is 2. The summed E-state index contributed by atoms with van der Waals surface area (Å²) in [5.74, 6) is -3.35. The second-order valence-electron chi connectivity index (χ2n) is 5.18. The van der Waals surface area contributed by atoms with E-state index >= 15 is 0 Å². The van der Waals surface area contributed by atoms with Crippen LogP contribution in [0.15, 0.2) is 40.9 Å². The lowest BCUT2D eigenvalue weighted by Crippen LogP contribution is -2.30. The fraction of sp³-hybridized carbons (Fsp3) is 0.176. The first-order chi connectivity index (χ1) is 11.3. The standard InChI is InChI=1S/C17H14BrF2NO3/c1-9-3-4-15(14(18)5-9)21-16(22)10(2)24-17(23)11-6-12(19)8-13(20)7-11/h3-8,10H,1-2H3,(H,21,22)/t10-/m0/s1. The molecule has 0 spiro atoms. The molecule has 1 N–H and O–H groups in total. The third kappa shape index (κ3) is 4.61. The van der Waals surface area contributed by atoms with Crippen molar-refractivity contribution >= 4 is 33.5 Å². The monoisotopic (exact) mass is 397 g/mol. The second-order valence-corrected chi connectivity index (χ2v) is 6.03. The van der Waals surface area contributed by atoms with Crippen molar-refractivity contribution in [2.24, 2.45) is 0 Å². The van der Waals surface area contributed by atoms with Gasteiger partial charge in [-0.05, 0) is 59.6 Å². The predicted octanol–water partition coefficient (Wildman–Crippen LogP) is 4.22. The van der Waals surface area contributed by atoms with Crippen LogP contribution in [0.3, 0.4) is 0 Å². The smallest absolute Gasteiger partial charge is 0.339 e. The number of hydrogen-bond donors (Lipinski definition) is 1. The first-order valence-electron chi connectivity index (χ1n) is 7.00. The van der Waals surface area contributed by atoms with Gasteiger partial charge < -0.3 is 10.1 Å². The van der Waals surface area contributed by atoms with Crippen molar-refractivity contribution in [3.8, 4) is 0 Å². The third-order valence-corrected chi connectivity index (χ3v) is 3.79. The Morgan fingerprint density at radius 1 is 1.12 bits per heavy atom. The number of amides is 1. The van der Waals surface area contributed by atoms with Crippen molar-refractivity contribution in [2.75, 3.05) is 5.32 Å². The molecule has 2 aromatic carbocycles. The maximum Gasteiger partial charge on any atom is 0.339 e. The van der Waals surface area contributed by atoms with Gasteiger partial charge in [0.05, 0.1) is 11.3 Å². The number of aryl methyl sites for hydroxylation is 1. The fourth-order valence-corrected chi connectivity index (χ4v) is 2.50. The lowest BCUT2D eigenvalue weighted by atomic mass is 10.2. The van der Waals surface area contributed by atoms with Crippen LogP contribution < -0.4 is 5.32 Å². The quantitative estimate of drug-likeness (QED) is 0.785. The summed E-state index contributed by atoms with van der Waals surface area (Å²) < 4.78 is 31.9. The Bertz CT molecular complexity index is 775. The fourth-order valence-electron chi connectivity index (χ4n) is 1.91. The molecule has 0 heterocycles. The summed E-state index contributed by atoms with van der Waals surface area (Å²) >= 11 is 3.32. The number of benzene rings is 2. The molecule has 126 valence electrons. The van der Waals surface area contributed by atoms with Crippen molar-refractivity contribution in [3.05, 3.63) is 63.6 Å². The van der Waals surface area contributed by atoms with Gasteiger partial charge in [0.25, 0.3) is 5.91 Å².